The Morgan fingerprint density at radius 2 is 1.73 bits per heavy atom. The number of ether oxygens (including phenoxy) is 1. The summed E-state index contributed by atoms with van der Waals surface area (Å²) in [6.07, 6.45) is -0.409. The lowest BCUT2D eigenvalue weighted by Crippen LogP contribution is -2.42. The van der Waals surface area contributed by atoms with Crippen molar-refractivity contribution in [2.24, 2.45) is 4.99 Å². The van der Waals surface area contributed by atoms with Crippen LogP contribution in [0.15, 0.2) is 29.3 Å². The minimum Gasteiger partial charge on any atom is -0.444 e. The Labute approximate surface area is 202 Å². The highest BCUT2D eigenvalue weighted by molar-refractivity contribution is 14.0. The first-order valence-electron chi connectivity index (χ1n) is 10.3. The molecule has 0 radical (unpaired) electrons. The van der Waals surface area contributed by atoms with Crippen LogP contribution in [0.5, 0.6) is 0 Å². The van der Waals surface area contributed by atoms with Gasteiger partial charge in [0.05, 0.1) is 6.54 Å². The molecule has 1 aromatic carbocycles. The molecule has 1 aromatic rings. The highest BCUT2D eigenvalue weighted by Gasteiger charge is 2.15. The number of benzene rings is 1. The number of hydrogen-bond donors (Lipinski definition) is 3. The number of nitrogens with one attached hydrogen (secondary N) is 3. The molecule has 3 N–H and O–H groups in total. The zero-order valence-electron chi connectivity index (χ0n) is 18.5. The molecule has 0 saturated carbocycles. The monoisotopic (exact) mass is 549 g/mol. The molecule has 0 spiro atoms. The van der Waals surface area contributed by atoms with Gasteiger partial charge in [-0.15, -0.1) is 24.0 Å². The number of amides is 1. The van der Waals surface area contributed by atoms with E-state index >= 15 is 0 Å². The highest BCUT2D eigenvalue weighted by Crippen LogP contribution is 2.20. The first-order chi connectivity index (χ1) is 13.9. The average molecular weight is 550 g/mol. The summed E-state index contributed by atoms with van der Waals surface area (Å²) in [5.41, 5.74) is 1.97. The van der Waals surface area contributed by atoms with Gasteiger partial charge in [0, 0.05) is 49.9 Å². The van der Waals surface area contributed by atoms with Crippen molar-refractivity contribution in [2.75, 3.05) is 49.1 Å². The molecule has 1 saturated heterocycles. The molecule has 1 fully saturated rings. The van der Waals surface area contributed by atoms with Crippen molar-refractivity contribution in [1.29, 1.82) is 0 Å². The Hall–Kier alpha value is -1.36. The average Bonchev–Trinajstić information content (AvgIpc) is 2.69. The molecule has 170 valence electrons. The van der Waals surface area contributed by atoms with Crippen LogP contribution in [-0.4, -0.2) is 61.9 Å². The van der Waals surface area contributed by atoms with Crippen molar-refractivity contribution in [1.82, 2.24) is 16.0 Å². The third-order valence-electron chi connectivity index (χ3n) is 4.16. The molecule has 9 heteroatoms. The van der Waals surface area contributed by atoms with E-state index in [1.807, 2.05) is 39.5 Å². The van der Waals surface area contributed by atoms with Crippen LogP contribution in [-0.2, 0) is 11.3 Å². The number of anilines is 1. The summed E-state index contributed by atoms with van der Waals surface area (Å²) in [5.74, 6) is 3.13. The Kier molecular flexibility index (Phi) is 12.3. The van der Waals surface area contributed by atoms with Crippen molar-refractivity contribution in [3.63, 3.8) is 0 Å². The standard InChI is InChI=1S/C21H35N5O2S.HI/c1-5-22-19(23-10-11-24-20(27)28-21(2,3)4)25-16-17-6-8-18(9-7-17)26-12-14-29-15-13-26;/h6-9H,5,10-16H2,1-4H3,(H,24,27)(H2,22,23,25);1H. The molecule has 1 aliphatic heterocycles. The van der Waals surface area contributed by atoms with E-state index < -0.39 is 11.7 Å². The SMILES string of the molecule is CCNC(=NCc1ccc(N2CCSCC2)cc1)NCCNC(=O)OC(C)(C)C.I. The Morgan fingerprint density at radius 3 is 2.33 bits per heavy atom. The van der Waals surface area contributed by atoms with E-state index in [-0.39, 0.29) is 24.0 Å². The summed E-state index contributed by atoms with van der Waals surface area (Å²) in [6.45, 7) is 12.2. The molecule has 7 nitrogen and oxygen atoms in total. The lowest BCUT2D eigenvalue weighted by Gasteiger charge is -2.28. The fraction of sp³-hybridized carbons (Fsp3) is 0.619. The van der Waals surface area contributed by atoms with Crippen molar-refractivity contribution in [3.05, 3.63) is 29.8 Å². The second-order valence-electron chi connectivity index (χ2n) is 7.82. The number of thioether (sulfide) groups is 1. The normalized spacial score (nSPS) is 14.5. The van der Waals surface area contributed by atoms with E-state index in [9.17, 15) is 4.79 Å². The molecule has 0 aliphatic carbocycles. The molecular weight excluding hydrogens is 513 g/mol. The molecular formula is C21H36IN5O2S. The summed E-state index contributed by atoms with van der Waals surface area (Å²) in [6, 6.07) is 8.67. The molecule has 1 heterocycles. The first-order valence-corrected chi connectivity index (χ1v) is 11.4. The zero-order valence-corrected chi connectivity index (χ0v) is 21.6. The van der Waals surface area contributed by atoms with Crippen LogP contribution >= 0.6 is 35.7 Å². The van der Waals surface area contributed by atoms with Gasteiger partial charge in [-0.2, -0.15) is 11.8 Å². The van der Waals surface area contributed by atoms with Crippen LogP contribution in [0, 0.1) is 0 Å². The van der Waals surface area contributed by atoms with E-state index in [4.69, 9.17) is 4.74 Å². The Bertz CT molecular complexity index is 658. The summed E-state index contributed by atoms with van der Waals surface area (Å²) in [4.78, 5) is 18.7. The lowest BCUT2D eigenvalue weighted by molar-refractivity contribution is 0.0529. The molecule has 0 unspecified atom stereocenters. The topological polar surface area (TPSA) is 78.0 Å². The largest absolute Gasteiger partial charge is 0.444 e. The van der Waals surface area contributed by atoms with Crippen molar-refractivity contribution in [2.45, 2.75) is 39.8 Å². The van der Waals surface area contributed by atoms with Crippen molar-refractivity contribution < 1.29 is 9.53 Å². The summed E-state index contributed by atoms with van der Waals surface area (Å²) in [7, 11) is 0. The quantitative estimate of drug-likeness (QED) is 0.210. The van der Waals surface area contributed by atoms with Crippen LogP contribution in [0.1, 0.15) is 33.3 Å². The van der Waals surface area contributed by atoms with Gasteiger partial charge in [0.15, 0.2) is 5.96 Å². The number of hydrogen-bond acceptors (Lipinski definition) is 5. The van der Waals surface area contributed by atoms with Crippen molar-refractivity contribution in [3.8, 4) is 0 Å². The van der Waals surface area contributed by atoms with Gasteiger partial charge in [-0.05, 0) is 45.4 Å². The van der Waals surface area contributed by atoms with Crippen LogP contribution in [0.25, 0.3) is 0 Å². The molecule has 0 bridgehead atoms. The number of guanidine groups is 1. The van der Waals surface area contributed by atoms with Crippen LogP contribution in [0.3, 0.4) is 0 Å². The van der Waals surface area contributed by atoms with E-state index in [0.717, 1.165) is 25.6 Å². The van der Waals surface area contributed by atoms with Gasteiger partial charge in [-0.25, -0.2) is 9.79 Å². The molecule has 1 amide bonds. The van der Waals surface area contributed by atoms with Gasteiger partial charge in [0.25, 0.3) is 0 Å². The number of halogens is 1. The Morgan fingerprint density at radius 1 is 1.10 bits per heavy atom. The summed E-state index contributed by atoms with van der Waals surface area (Å²) in [5, 5.41) is 9.19. The van der Waals surface area contributed by atoms with Crippen LogP contribution < -0.4 is 20.9 Å². The van der Waals surface area contributed by atoms with Gasteiger partial charge in [0.2, 0.25) is 0 Å². The third kappa shape index (κ3) is 10.6. The maximum atomic E-state index is 11.7. The van der Waals surface area contributed by atoms with Crippen molar-refractivity contribution >= 4 is 53.5 Å². The summed E-state index contributed by atoms with van der Waals surface area (Å²) < 4.78 is 5.22. The first kappa shape index (κ1) is 26.7. The number of carbonyl (C=O) groups excluding carboxylic acids is 1. The minimum absolute atomic E-state index is 0. The van der Waals surface area contributed by atoms with Gasteiger partial charge in [-0.3, -0.25) is 0 Å². The lowest BCUT2D eigenvalue weighted by atomic mass is 10.2. The predicted octanol–water partition coefficient (Wildman–Crippen LogP) is 3.44. The highest BCUT2D eigenvalue weighted by atomic mass is 127. The van der Waals surface area contributed by atoms with Gasteiger partial charge >= 0.3 is 6.09 Å². The number of carbonyl (C=O) groups is 1. The van der Waals surface area contributed by atoms with E-state index in [0.29, 0.717) is 19.6 Å². The number of nitrogens with zero attached hydrogens (tertiary/aromatic N) is 2. The minimum atomic E-state index is -0.490. The number of alkyl carbamates (subject to hydrolysis) is 1. The summed E-state index contributed by atoms with van der Waals surface area (Å²) >= 11 is 2.02. The zero-order chi connectivity index (χ0) is 21.1. The number of aliphatic imine (C=N–C) groups is 1. The molecule has 30 heavy (non-hydrogen) atoms. The molecule has 1 aliphatic rings. The van der Waals surface area contributed by atoms with E-state index in [1.165, 1.54) is 22.8 Å². The number of rotatable bonds is 7. The van der Waals surface area contributed by atoms with Gasteiger partial charge in [0.1, 0.15) is 5.60 Å². The second-order valence-corrected chi connectivity index (χ2v) is 9.04. The van der Waals surface area contributed by atoms with Gasteiger partial charge < -0.3 is 25.6 Å². The molecule has 0 atom stereocenters. The smallest absolute Gasteiger partial charge is 0.407 e. The van der Waals surface area contributed by atoms with E-state index in [2.05, 4.69) is 50.1 Å². The fourth-order valence-electron chi connectivity index (χ4n) is 2.81. The van der Waals surface area contributed by atoms with Gasteiger partial charge in [-0.1, -0.05) is 12.1 Å². The van der Waals surface area contributed by atoms with Crippen LogP contribution in [0.4, 0.5) is 10.5 Å². The maximum absolute atomic E-state index is 11.7. The third-order valence-corrected chi connectivity index (χ3v) is 5.10. The van der Waals surface area contributed by atoms with Crippen LogP contribution in [0.2, 0.25) is 0 Å². The second kappa shape index (κ2) is 13.8. The fourth-order valence-corrected chi connectivity index (χ4v) is 3.71. The maximum Gasteiger partial charge on any atom is 0.407 e. The predicted molar refractivity (Wildman–Crippen MR) is 138 cm³/mol. The Balaban J connectivity index is 0.00000450. The molecule has 0 aromatic heterocycles. The molecule has 2 rings (SSSR count). The van der Waals surface area contributed by atoms with E-state index in [1.54, 1.807) is 0 Å².